The predicted molar refractivity (Wildman–Crippen MR) is 152 cm³/mol. The molecule has 0 saturated carbocycles. The number of halogens is 4. The summed E-state index contributed by atoms with van der Waals surface area (Å²) < 4.78 is 44.5. The molecule has 0 aromatic heterocycles. The van der Waals surface area contributed by atoms with E-state index in [2.05, 4.69) is 15.6 Å². The molecular formula is C30H28ClF3N4O4. The summed E-state index contributed by atoms with van der Waals surface area (Å²) in [6.07, 6.45) is -7.91. The van der Waals surface area contributed by atoms with E-state index in [1.54, 1.807) is 42.5 Å². The number of methoxy groups -OCH3 is 1. The molecule has 4 rings (SSSR count). The number of primary amides is 1. The number of alkyl halides is 3. The highest BCUT2D eigenvalue weighted by atomic mass is 35.5. The van der Waals surface area contributed by atoms with Crippen LogP contribution in [0.15, 0.2) is 77.8 Å². The monoisotopic (exact) mass is 600 g/mol. The van der Waals surface area contributed by atoms with E-state index in [1.807, 2.05) is 6.07 Å². The predicted octanol–water partition coefficient (Wildman–Crippen LogP) is 5.20. The number of rotatable bonds is 10. The number of fused-ring (bicyclic) bond motifs is 1. The van der Waals surface area contributed by atoms with Gasteiger partial charge in [-0.15, -0.1) is 0 Å². The first kappa shape index (κ1) is 30.6. The lowest BCUT2D eigenvalue weighted by Crippen LogP contribution is -2.47. The number of hydrogen-bond donors (Lipinski definition) is 3. The summed E-state index contributed by atoms with van der Waals surface area (Å²) in [5.74, 6) is -4.76. The lowest BCUT2D eigenvalue weighted by molar-refractivity contribution is -0.139. The van der Waals surface area contributed by atoms with Crippen LogP contribution in [0.3, 0.4) is 0 Å². The minimum atomic E-state index is -4.47. The number of carbonyl (C=O) groups excluding carboxylic acids is 3. The molecule has 0 bridgehead atoms. The van der Waals surface area contributed by atoms with Crippen LogP contribution in [0.5, 0.6) is 5.75 Å². The van der Waals surface area contributed by atoms with E-state index in [0.717, 1.165) is 0 Å². The molecule has 1 aliphatic rings. The molecule has 0 aliphatic carbocycles. The number of nitrogens with two attached hydrogens (primary N) is 1. The van der Waals surface area contributed by atoms with Crippen LogP contribution in [0.1, 0.15) is 41.9 Å². The maximum absolute atomic E-state index is 13.7. The number of carbonyl (C=O) groups is 3. The minimum Gasteiger partial charge on any atom is -0.495 e. The van der Waals surface area contributed by atoms with Gasteiger partial charge >= 0.3 is 6.18 Å². The van der Waals surface area contributed by atoms with Gasteiger partial charge in [-0.1, -0.05) is 66.2 Å². The fourth-order valence-electron chi connectivity index (χ4n) is 4.88. The molecule has 1 aliphatic heterocycles. The van der Waals surface area contributed by atoms with Crippen molar-refractivity contribution in [2.75, 3.05) is 12.4 Å². The number of para-hydroxylation sites is 1. The van der Waals surface area contributed by atoms with Gasteiger partial charge in [0, 0.05) is 22.6 Å². The van der Waals surface area contributed by atoms with E-state index in [4.69, 9.17) is 22.1 Å². The zero-order valence-electron chi connectivity index (χ0n) is 22.5. The molecule has 0 saturated heterocycles. The number of hydrogen-bond acceptors (Lipinski definition) is 5. The maximum Gasteiger partial charge on any atom is 0.389 e. The van der Waals surface area contributed by atoms with E-state index in [1.165, 1.54) is 31.4 Å². The topological polar surface area (TPSA) is 123 Å². The third-order valence-electron chi connectivity index (χ3n) is 6.83. The average Bonchev–Trinajstić information content (AvgIpc) is 3.09. The second-order valence-electron chi connectivity index (χ2n) is 9.67. The van der Waals surface area contributed by atoms with E-state index >= 15 is 0 Å². The van der Waals surface area contributed by atoms with Gasteiger partial charge in [-0.3, -0.25) is 14.4 Å². The van der Waals surface area contributed by atoms with Crippen molar-refractivity contribution in [3.8, 4) is 5.75 Å². The van der Waals surface area contributed by atoms with Gasteiger partial charge in [-0.05, 0) is 36.6 Å². The third kappa shape index (κ3) is 7.27. The van der Waals surface area contributed by atoms with E-state index in [-0.39, 0.29) is 6.42 Å². The standard InChI is InChI=1S/C30H28ClF3N4O4/c1-42-22-11-5-9-21-24(18-7-3-2-4-8-18)36-27(29(41)37-25(21)22)38-28(40)20(10-6-16-30(32,33)34)23(26(35)39)17-12-14-19(31)15-13-17/h2-5,7-9,11-15,20,23,27H,6,10,16H2,1H3,(H2,35,39)(H,37,41)(H,38,40). The lowest BCUT2D eigenvalue weighted by atomic mass is 9.81. The Kier molecular flexibility index (Phi) is 9.52. The Morgan fingerprint density at radius 3 is 2.38 bits per heavy atom. The molecule has 0 radical (unpaired) electrons. The molecule has 12 heteroatoms. The molecule has 3 aromatic rings. The number of benzene rings is 3. The Hall–Kier alpha value is -4.38. The van der Waals surface area contributed by atoms with Crippen molar-refractivity contribution in [1.82, 2.24) is 5.32 Å². The first-order chi connectivity index (χ1) is 20.0. The Morgan fingerprint density at radius 2 is 1.76 bits per heavy atom. The Balaban J connectivity index is 1.73. The molecule has 0 fully saturated rings. The molecule has 3 unspecified atom stereocenters. The zero-order chi connectivity index (χ0) is 30.4. The van der Waals surface area contributed by atoms with Crippen LogP contribution in [-0.2, 0) is 14.4 Å². The van der Waals surface area contributed by atoms with Crippen LogP contribution < -0.4 is 21.1 Å². The van der Waals surface area contributed by atoms with Crippen molar-refractivity contribution in [3.63, 3.8) is 0 Å². The summed E-state index contributed by atoms with van der Waals surface area (Å²) in [6, 6.07) is 20.0. The molecular weight excluding hydrogens is 573 g/mol. The second kappa shape index (κ2) is 13.1. The summed E-state index contributed by atoms with van der Waals surface area (Å²) in [7, 11) is 1.44. The van der Waals surface area contributed by atoms with Gasteiger partial charge in [-0.2, -0.15) is 13.2 Å². The SMILES string of the molecule is COc1cccc2c1NC(=O)C(NC(=O)C(CCCC(F)(F)F)C(C(N)=O)c1ccc(Cl)cc1)N=C2c1ccccc1. The molecule has 4 N–H and O–H groups in total. The van der Waals surface area contributed by atoms with Crippen molar-refractivity contribution < 1.29 is 32.3 Å². The molecule has 3 aromatic carbocycles. The van der Waals surface area contributed by atoms with Crippen LogP contribution in [0.25, 0.3) is 0 Å². The molecule has 1 heterocycles. The fourth-order valence-corrected chi connectivity index (χ4v) is 5.00. The van der Waals surface area contributed by atoms with Gasteiger partial charge in [0.2, 0.25) is 18.0 Å². The van der Waals surface area contributed by atoms with Gasteiger partial charge < -0.3 is 21.1 Å². The summed E-state index contributed by atoms with van der Waals surface area (Å²) in [4.78, 5) is 44.3. The Morgan fingerprint density at radius 1 is 1.07 bits per heavy atom. The Bertz CT molecular complexity index is 1480. The van der Waals surface area contributed by atoms with Crippen LogP contribution in [0, 0.1) is 5.92 Å². The van der Waals surface area contributed by atoms with E-state index in [0.29, 0.717) is 38.9 Å². The van der Waals surface area contributed by atoms with E-state index < -0.39 is 54.7 Å². The number of amides is 3. The maximum atomic E-state index is 13.7. The van der Waals surface area contributed by atoms with Gasteiger partial charge in [-0.25, -0.2) is 4.99 Å². The van der Waals surface area contributed by atoms with Gasteiger partial charge in [0.25, 0.3) is 5.91 Å². The van der Waals surface area contributed by atoms with Gasteiger partial charge in [0.1, 0.15) is 5.75 Å². The average molecular weight is 601 g/mol. The zero-order valence-corrected chi connectivity index (χ0v) is 23.2. The highest BCUT2D eigenvalue weighted by Crippen LogP contribution is 2.34. The highest BCUT2D eigenvalue weighted by molar-refractivity contribution is 6.30. The number of ether oxygens (including phenoxy) is 1. The van der Waals surface area contributed by atoms with E-state index in [9.17, 15) is 27.6 Å². The fraction of sp³-hybridized carbons (Fsp3) is 0.267. The highest BCUT2D eigenvalue weighted by Gasteiger charge is 2.38. The van der Waals surface area contributed by atoms with Crippen LogP contribution in [-0.4, -0.2) is 42.9 Å². The van der Waals surface area contributed by atoms with Gasteiger partial charge in [0.05, 0.1) is 30.3 Å². The molecule has 0 spiro atoms. The summed E-state index contributed by atoms with van der Waals surface area (Å²) in [5, 5.41) is 5.65. The van der Waals surface area contributed by atoms with Crippen molar-refractivity contribution in [2.45, 2.75) is 37.5 Å². The minimum absolute atomic E-state index is 0.301. The first-order valence-corrected chi connectivity index (χ1v) is 13.4. The molecule has 3 atom stereocenters. The Labute approximate surface area is 245 Å². The van der Waals surface area contributed by atoms with Crippen LogP contribution in [0.2, 0.25) is 5.02 Å². The normalized spacial score (nSPS) is 16.3. The number of aliphatic imine (C=N–C) groups is 1. The third-order valence-corrected chi connectivity index (χ3v) is 7.08. The molecule has 3 amide bonds. The quantitative estimate of drug-likeness (QED) is 0.296. The van der Waals surface area contributed by atoms with Crippen molar-refractivity contribution in [2.24, 2.45) is 16.6 Å². The lowest BCUT2D eigenvalue weighted by Gasteiger charge is -2.26. The summed E-state index contributed by atoms with van der Waals surface area (Å²) in [6.45, 7) is 0. The van der Waals surface area contributed by atoms with Gasteiger partial charge in [0.15, 0.2) is 0 Å². The van der Waals surface area contributed by atoms with Crippen LogP contribution in [0.4, 0.5) is 18.9 Å². The van der Waals surface area contributed by atoms with Crippen LogP contribution >= 0.6 is 11.6 Å². The van der Waals surface area contributed by atoms with Crippen molar-refractivity contribution in [3.05, 3.63) is 94.5 Å². The second-order valence-corrected chi connectivity index (χ2v) is 10.1. The summed E-state index contributed by atoms with van der Waals surface area (Å²) >= 11 is 5.97. The smallest absolute Gasteiger partial charge is 0.389 e. The van der Waals surface area contributed by atoms with Crippen molar-refractivity contribution >= 4 is 40.7 Å². The van der Waals surface area contributed by atoms with Crippen molar-refractivity contribution in [1.29, 1.82) is 0 Å². The first-order valence-electron chi connectivity index (χ1n) is 13.0. The molecule has 42 heavy (non-hydrogen) atoms. The summed E-state index contributed by atoms with van der Waals surface area (Å²) in [5.41, 5.74) is 7.85. The number of anilines is 1. The molecule has 8 nitrogen and oxygen atoms in total. The largest absolute Gasteiger partial charge is 0.495 e. The number of nitrogens with zero attached hydrogens (tertiary/aromatic N) is 1. The molecule has 220 valence electrons. The number of benzodiazepines with no additional fused rings is 1. The number of nitrogens with one attached hydrogen (secondary N) is 2.